The van der Waals surface area contributed by atoms with Crippen molar-refractivity contribution in [3.05, 3.63) is 53.3 Å². The van der Waals surface area contributed by atoms with E-state index in [1.165, 1.54) is 23.5 Å². The van der Waals surface area contributed by atoms with Crippen LogP contribution in [0.2, 0.25) is 0 Å². The number of thiazole rings is 1. The van der Waals surface area contributed by atoms with Gasteiger partial charge in [0.25, 0.3) is 0 Å². The minimum atomic E-state index is -1.01. The molecule has 0 aliphatic rings. The minimum absolute atomic E-state index is 0.181. The molecule has 0 radical (unpaired) electrons. The summed E-state index contributed by atoms with van der Waals surface area (Å²) in [4.78, 5) is 15.6. The lowest BCUT2D eigenvalue weighted by molar-refractivity contribution is 0.0698. The summed E-state index contributed by atoms with van der Waals surface area (Å²) < 4.78 is 13.9. The number of aryl methyl sites for hydroxylation is 1. The number of carboxylic acid groups (broad SMARTS) is 1. The van der Waals surface area contributed by atoms with Crippen molar-refractivity contribution in [1.82, 2.24) is 4.98 Å². The van der Waals surface area contributed by atoms with Crippen molar-refractivity contribution in [2.45, 2.75) is 6.92 Å². The van der Waals surface area contributed by atoms with E-state index in [0.717, 1.165) is 5.56 Å². The third-order valence-electron chi connectivity index (χ3n) is 3.00. The molecule has 0 fully saturated rings. The number of hydrogen-bond acceptors (Lipinski definition) is 4. The maximum absolute atomic E-state index is 13.2. The molecule has 3 aromatic rings. The molecule has 1 aromatic heterocycles. The van der Waals surface area contributed by atoms with Crippen molar-refractivity contribution in [1.29, 1.82) is 0 Å². The Morgan fingerprint density at radius 3 is 2.86 bits per heavy atom. The Hall–Kier alpha value is -2.47. The summed E-state index contributed by atoms with van der Waals surface area (Å²) in [5, 5.41) is 12.8. The van der Waals surface area contributed by atoms with Crippen molar-refractivity contribution in [3.63, 3.8) is 0 Å². The van der Waals surface area contributed by atoms with Gasteiger partial charge in [-0.05, 0) is 37.3 Å². The number of anilines is 2. The second-order valence-electron chi connectivity index (χ2n) is 4.61. The molecule has 1 heterocycles. The van der Waals surface area contributed by atoms with E-state index in [-0.39, 0.29) is 11.4 Å². The molecule has 21 heavy (non-hydrogen) atoms. The van der Waals surface area contributed by atoms with Gasteiger partial charge in [0.15, 0.2) is 5.13 Å². The van der Waals surface area contributed by atoms with E-state index in [4.69, 9.17) is 0 Å². The van der Waals surface area contributed by atoms with E-state index >= 15 is 0 Å². The molecule has 106 valence electrons. The summed E-state index contributed by atoms with van der Waals surface area (Å²) in [6.07, 6.45) is 0. The van der Waals surface area contributed by atoms with Crippen molar-refractivity contribution in [2.24, 2.45) is 0 Å². The Balaban J connectivity index is 2.00. The highest BCUT2D eigenvalue weighted by Gasteiger charge is 2.12. The van der Waals surface area contributed by atoms with Crippen molar-refractivity contribution >= 4 is 38.3 Å². The molecule has 0 aliphatic carbocycles. The number of aromatic nitrogens is 1. The second kappa shape index (κ2) is 5.14. The molecule has 0 amide bonds. The molecule has 0 saturated heterocycles. The van der Waals surface area contributed by atoms with Crippen LogP contribution in [-0.2, 0) is 0 Å². The second-order valence-corrected chi connectivity index (χ2v) is 5.64. The molecule has 6 heteroatoms. The van der Waals surface area contributed by atoms with E-state index in [2.05, 4.69) is 10.3 Å². The lowest BCUT2D eigenvalue weighted by Crippen LogP contribution is -2.02. The quantitative estimate of drug-likeness (QED) is 0.761. The lowest BCUT2D eigenvalue weighted by atomic mass is 10.1. The van der Waals surface area contributed by atoms with Crippen LogP contribution in [0.25, 0.3) is 10.2 Å². The molecule has 2 aromatic carbocycles. The first-order valence-electron chi connectivity index (χ1n) is 6.20. The van der Waals surface area contributed by atoms with E-state index < -0.39 is 5.97 Å². The van der Waals surface area contributed by atoms with Crippen LogP contribution in [0, 0.1) is 12.7 Å². The van der Waals surface area contributed by atoms with Gasteiger partial charge in [0.1, 0.15) is 5.82 Å². The van der Waals surface area contributed by atoms with Crippen molar-refractivity contribution in [3.8, 4) is 0 Å². The Bertz CT molecular complexity index is 845. The summed E-state index contributed by atoms with van der Waals surface area (Å²) >= 11 is 1.28. The highest BCUT2D eigenvalue weighted by Crippen LogP contribution is 2.30. The summed E-state index contributed by atoms with van der Waals surface area (Å²) in [6, 6.07) is 9.47. The highest BCUT2D eigenvalue weighted by atomic mass is 32.1. The average molecular weight is 302 g/mol. The van der Waals surface area contributed by atoms with E-state index in [1.54, 1.807) is 18.2 Å². The maximum atomic E-state index is 13.2. The molecule has 0 atom stereocenters. The van der Waals surface area contributed by atoms with E-state index in [0.29, 0.717) is 21.0 Å². The van der Waals surface area contributed by atoms with Gasteiger partial charge in [0.2, 0.25) is 0 Å². The van der Waals surface area contributed by atoms with Gasteiger partial charge in [0, 0.05) is 0 Å². The van der Waals surface area contributed by atoms with E-state index in [1.807, 2.05) is 13.0 Å². The number of hydrogen-bond donors (Lipinski definition) is 2. The lowest BCUT2D eigenvalue weighted by Gasteiger charge is -2.07. The molecular formula is C15H11FN2O2S. The number of halogens is 1. The Morgan fingerprint density at radius 2 is 2.10 bits per heavy atom. The van der Waals surface area contributed by atoms with Gasteiger partial charge in [-0.25, -0.2) is 14.2 Å². The molecule has 0 spiro atoms. The number of nitrogens with one attached hydrogen (secondary N) is 1. The van der Waals surface area contributed by atoms with Crippen molar-refractivity contribution in [2.75, 3.05) is 5.32 Å². The molecule has 0 aliphatic heterocycles. The maximum Gasteiger partial charge on any atom is 0.337 e. The predicted molar refractivity (Wildman–Crippen MR) is 81.0 cm³/mol. The SMILES string of the molecule is Cc1ccc(Nc2nc3ccc(F)cc3s2)c(C(=O)O)c1. The summed E-state index contributed by atoms with van der Waals surface area (Å²) in [5.74, 6) is -1.33. The van der Waals surface area contributed by atoms with Crippen LogP contribution in [0.4, 0.5) is 15.2 Å². The average Bonchev–Trinajstić information content (AvgIpc) is 2.82. The first-order valence-corrected chi connectivity index (χ1v) is 7.01. The molecule has 0 saturated carbocycles. The third kappa shape index (κ3) is 2.71. The van der Waals surface area contributed by atoms with Gasteiger partial charge in [-0.15, -0.1) is 0 Å². The Labute approximate surface area is 123 Å². The van der Waals surface area contributed by atoms with Gasteiger partial charge in [-0.1, -0.05) is 23.0 Å². The van der Waals surface area contributed by atoms with Gasteiger partial charge in [-0.3, -0.25) is 0 Å². The van der Waals surface area contributed by atoms with Crippen LogP contribution in [0.1, 0.15) is 15.9 Å². The fourth-order valence-corrected chi connectivity index (χ4v) is 2.91. The summed E-state index contributed by atoms with van der Waals surface area (Å²) in [6.45, 7) is 1.83. The monoisotopic (exact) mass is 302 g/mol. The van der Waals surface area contributed by atoms with Crippen LogP contribution in [0.3, 0.4) is 0 Å². The van der Waals surface area contributed by atoms with Gasteiger partial charge in [0.05, 0.1) is 21.5 Å². The zero-order chi connectivity index (χ0) is 15.0. The zero-order valence-electron chi connectivity index (χ0n) is 11.1. The number of nitrogens with zero attached hydrogens (tertiary/aromatic N) is 1. The number of fused-ring (bicyclic) bond motifs is 1. The number of carboxylic acids is 1. The number of benzene rings is 2. The number of aromatic carboxylic acids is 1. The Kier molecular flexibility index (Phi) is 3.31. The van der Waals surface area contributed by atoms with Crippen LogP contribution in [0.5, 0.6) is 0 Å². The van der Waals surface area contributed by atoms with Gasteiger partial charge in [-0.2, -0.15) is 0 Å². The highest BCUT2D eigenvalue weighted by molar-refractivity contribution is 7.22. The van der Waals surface area contributed by atoms with Crippen LogP contribution in [-0.4, -0.2) is 16.1 Å². The minimum Gasteiger partial charge on any atom is -0.478 e. The fraction of sp³-hybridized carbons (Fsp3) is 0.0667. The standard InChI is InChI=1S/C15H11FN2O2S/c1-8-2-4-11(10(6-8)14(19)20)17-15-18-12-5-3-9(16)7-13(12)21-15/h2-7H,1H3,(H,17,18)(H,19,20). The third-order valence-corrected chi connectivity index (χ3v) is 3.93. The molecule has 3 rings (SSSR count). The Morgan fingerprint density at radius 1 is 1.29 bits per heavy atom. The van der Waals surface area contributed by atoms with E-state index in [9.17, 15) is 14.3 Å². The molecule has 2 N–H and O–H groups in total. The summed E-state index contributed by atoms with van der Waals surface area (Å²) in [7, 11) is 0. The van der Waals surface area contributed by atoms with Gasteiger partial charge >= 0.3 is 5.97 Å². The molecule has 0 unspecified atom stereocenters. The molecular weight excluding hydrogens is 291 g/mol. The molecule has 0 bridgehead atoms. The van der Waals surface area contributed by atoms with Crippen LogP contribution < -0.4 is 5.32 Å². The number of carbonyl (C=O) groups is 1. The first-order chi connectivity index (χ1) is 10.0. The zero-order valence-corrected chi connectivity index (χ0v) is 11.9. The smallest absolute Gasteiger partial charge is 0.337 e. The van der Waals surface area contributed by atoms with Crippen LogP contribution >= 0.6 is 11.3 Å². The summed E-state index contributed by atoms with van der Waals surface area (Å²) in [5.41, 5.74) is 2.19. The van der Waals surface area contributed by atoms with Crippen LogP contribution in [0.15, 0.2) is 36.4 Å². The topological polar surface area (TPSA) is 62.2 Å². The fourth-order valence-electron chi connectivity index (χ4n) is 2.01. The van der Waals surface area contributed by atoms with Gasteiger partial charge < -0.3 is 10.4 Å². The van der Waals surface area contributed by atoms with Crippen molar-refractivity contribution < 1.29 is 14.3 Å². The first kappa shape index (κ1) is 13.5. The molecule has 4 nitrogen and oxygen atoms in total. The number of rotatable bonds is 3. The predicted octanol–water partition coefficient (Wildman–Crippen LogP) is 4.19. The normalized spacial score (nSPS) is 10.8. The largest absolute Gasteiger partial charge is 0.478 e.